The number of hydrogen-bond acceptors (Lipinski definition) is 2. The maximum atomic E-state index is 12.0. The van der Waals surface area contributed by atoms with E-state index in [1.165, 1.54) is 6.07 Å². The van der Waals surface area contributed by atoms with Gasteiger partial charge in [0, 0.05) is 22.0 Å². The van der Waals surface area contributed by atoms with E-state index in [1.807, 2.05) is 48.1 Å². The smallest absolute Gasteiger partial charge is 0.336 e. The highest BCUT2D eigenvalue weighted by Gasteiger charge is 2.16. The molecule has 0 aliphatic rings. The van der Waals surface area contributed by atoms with E-state index in [1.54, 1.807) is 12.3 Å². The van der Waals surface area contributed by atoms with E-state index < -0.39 is 0 Å². The van der Waals surface area contributed by atoms with E-state index in [2.05, 4.69) is 11.1 Å². The van der Waals surface area contributed by atoms with E-state index >= 15 is 0 Å². The lowest BCUT2D eigenvalue weighted by Crippen LogP contribution is -2.33. The summed E-state index contributed by atoms with van der Waals surface area (Å²) in [4.78, 5) is 12.0. The van der Waals surface area contributed by atoms with Gasteiger partial charge in [0.05, 0.1) is 6.20 Å². The molecule has 4 rings (SSSR count). The molecule has 0 amide bonds. The predicted molar refractivity (Wildman–Crippen MR) is 99.9 cm³/mol. The Kier molecular flexibility index (Phi) is 3.70. The number of aromatic nitrogens is 2. The summed E-state index contributed by atoms with van der Waals surface area (Å²) in [5, 5.41) is 1.50. The molecule has 0 atom stereocenters. The summed E-state index contributed by atoms with van der Waals surface area (Å²) in [7, 11) is 0. The summed E-state index contributed by atoms with van der Waals surface area (Å²) in [6.07, 6.45) is 3.73. The van der Waals surface area contributed by atoms with Crippen LogP contribution in [0.25, 0.3) is 28.2 Å². The topological polar surface area (TPSA) is 39.0 Å². The van der Waals surface area contributed by atoms with Crippen LogP contribution in [0.15, 0.2) is 64.6 Å². The zero-order chi connectivity index (χ0) is 17.6. The number of fused-ring (bicyclic) bond motifs is 2. The van der Waals surface area contributed by atoms with Crippen molar-refractivity contribution in [2.75, 3.05) is 0 Å². The Bertz CT molecular complexity index is 1190. The zero-order valence-electron chi connectivity index (χ0n) is 13.7. The molecular formula is C20H16ClN2O2+. The summed E-state index contributed by atoms with van der Waals surface area (Å²) in [5.41, 5.74) is 4.05. The van der Waals surface area contributed by atoms with Gasteiger partial charge in [0.2, 0.25) is 6.33 Å². The van der Waals surface area contributed by atoms with E-state index in [0.29, 0.717) is 17.2 Å². The number of nitrogens with zero attached hydrogens (tertiary/aromatic N) is 2. The van der Waals surface area contributed by atoms with Gasteiger partial charge in [0.15, 0.2) is 11.0 Å². The third kappa shape index (κ3) is 2.65. The fourth-order valence-electron chi connectivity index (χ4n) is 3.13. The van der Waals surface area contributed by atoms with Gasteiger partial charge in [-0.05, 0) is 36.8 Å². The molecule has 2 aromatic heterocycles. The van der Waals surface area contributed by atoms with Crippen LogP contribution in [0.1, 0.15) is 11.1 Å². The average Bonchev–Trinajstić information content (AvgIpc) is 2.95. The van der Waals surface area contributed by atoms with E-state index in [4.69, 9.17) is 16.0 Å². The summed E-state index contributed by atoms with van der Waals surface area (Å²) in [6.45, 7) is 6.27. The first-order chi connectivity index (χ1) is 12.1. The van der Waals surface area contributed by atoms with Crippen molar-refractivity contribution >= 4 is 39.8 Å². The minimum Gasteiger partial charge on any atom is -0.423 e. The molecule has 0 saturated heterocycles. The lowest BCUT2D eigenvalue weighted by molar-refractivity contribution is -0.662. The number of para-hydroxylation sites is 2. The Labute approximate surface area is 149 Å². The minimum atomic E-state index is -0.364. The van der Waals surface area contributed by atoms with E-state index in [0.717, 1.165) is 27.5 Å². The van der Waals surface area contributed by atoms with Crippen molar-refractivity contribution in [2.24, 2.45) is 0 Å². The van der Waals surface area contributed by atoms with Crippen molar-refractivity contribution in [3.05, 3.63) is 81.9 Å². The lowest BCUT2D eigenvalue weighted by atomic mass is 10.1. The summed E-state index contributed by atoms with van der Waals surface area (Å²) in [6, 6.07) is 13.2. The number of halogens is 1. The maximum Gasteiger partial charge on any atom is 0.336 e. The minimum absolute atomic E-state index is 0.364. The molecule has 25 heavy (non-hydrogen) atoms. The molecule has 0 unspecified atom stereocenters. The molecule has 0 N–H and O–H groups in total. The Morgan fingerprint density at radius 3 is 2.88 bits per heavy atom. The van der Waals surface area contributed by atoms with Gasteiger partial charge in [-0.2, -0.15) is 0 Å². The number of hydrogen-bond donors (Lipinski definition) is 0. The van der Waals surface area contributed by atoms with Gasteiger partial charge in [-0.3, -0.25) is 0 Å². The largest absolute Gasteiger partial charge is 0.423 e. The molecule has 2 heterocycles. The van der Waals surface area contributed by atoms with E-state index in [9.17, 15) is 4.79 Å². The second-order valence-electron chi connectivity index (χ2n) is 6.01. The van der Waals surface area contributed by atoms with Crippen LogP contribution >= 0.6 is 11.6 Å². The fourth-order valence-corrected chi connectivity index (χ4v) is 3.30. The molecule has 5 heteroatoms. The van der Waals surface area contributed by atoms with Crippen molar-refractivity contribution in [2.45, 2.75) is 13.5 Å². The Morgan fingerprint density at radius 1 is 1.28 bits per heavy atom. The Hall–Kier alpha value is -2.85. The molecule has 0 spiro atoms. The molecular weight excluding hydrogens is 336 g/mol. The second kappa shape index (κ2) is 5.90. The predicted octanol–water partition coefficient (Wildman–Crippen LogP) is 4.15. The normalized spacial score (nSPS) is 11.3. The molecule has 0 fully saturated rings. The van der Waals surface area contributed by atoms with Gasteiger partial charge >= 0.3 is 5.63 Å². The number of imidazole rings is 1. The van der Waals surface area contributed by atoms with Crippen LogP contribution < -0.4 is 10.2 Å². The van der Waals surface area contributed by atoms with Crippen LogP contribution in [-0.4, -0.2) is 4.57 Å². The van der Waals surface area contributed by atoms with Gasteiger partial charge in [-0.1, -0.05) is 30.3 Å². The number of rotatable bonds is 3. The fraction of sp³-hybridized carbons (Fsp3) is 0.100. The first-order valence-electron chi connectivity index (χ1n) is 7.91. The van der Waals surface area contributed by atoms with Crippen molar-refractivity contribution < 1.29 is 8.98 Å². The van der Waals surface area contributed by atoms with Crippen LogP contribution in [0, 0.1) is 6.92 Å². The van der Waals surface area contributed by atoms with Crippen molar-refractivity contribution in [1.29, 1.82) is 0 Å². The molecule has 2 aromatic carbocycles. The maximum absolute atomic E-state index is 12.0. The van der Waals surface area contributed by atoms with Crippen LogP contribution in [0.2, 0.25) is 5.02 Å². The first-order valence-corrected chi connectivity index (χ1v) is 8.29. The van der Waals surface area contributed by atoms with Gasteiger partial charge < -0.3 is 4.42 Å². The Morgan fingerprint density at radius 2 is 2.08 bits per heavy atom. The third-order valence-corrected chi connectivity index (χ3v) is 4.79. The molecule has 0 aliphatic heterocycles. The molecule has 4 aromatic rings. The highest BCUT2D eigenvalue weighted by molar-refractivity contribution is 6.32. The first kappa shape index (κ1) is 15.7. The monoisotopic (exact) mass is 351 g/mol. The van der Waals surface area contributed by atoms with Gasteiger partial charge in [-0.25, -0.2) is 13.9 Å². The van der Waals surface area contributed by atoms with Crippen LogP contribution in [0.5, 0.6) is 0 Å². The number of aryl methyl sites for hydroxylation is 1. The summed E-state index contributed by atoms with van der Waals surface area (Å²) < 4.78 is 9.39. The molecule has 4 nitrogen and oxygen atoms in total. The van der Waals surface area contributed by atoms with E-state index in [-0.39, 0.29) is 5.63 Å². The zero-order valence-corrected chi connectivity index (χ0v) is 14.5. The van der Waals surface area contributed by atoms with Crippen LogP contribution in [0.4, 0.5) is 0 Å². The Balaban J connectivity index is 1.93. The van der Waals surface area contributed by atoms with Crippen LogP contribution in [-0.2, 0) is 6.54 Å². The van der Waals surface area contributed by atoms with Crippen LogP contribution in [0.3, 0.4) is 0 Å². The highest BCUT2D eigenvalue weighted by atomic mass is 35.5. The third-order valence-electron chi connectivity index (χ3n) is 4.38. The van der Waals surface area contributed by atoms with Crippen molar-refractivity contribution in [3.63, 3.8) is 0 Å². The standard InChI is InChI=1S/C20H16ClN2O2/c1-3-22-12-23(18-7-5-4-6-17(18)22)11-14-9-20(24)25-19-8-13(2)16(21)10-15(14)19/h3-10,12H,1,11H2,2H3/q+1. The lowest BCUT2D eigenvalue weighted by Gasteiger charge is -2.06. The molecule has 0 aliphatic carbocycles. The molecule has 0 saturated carbocycles. The molecule has 0 radical (unpaired) electrons. The van der Waals surface area contributed by atoms with Gasteiger partial charge in [0.1, 0.15) is 12.1 Å². The summed E-state index contributed by atoms with van der Waals surface area (Å²) >= 11 is 6.28. The SMILES string of the molecule is C=Cn1c[n+](Cc2cc(=O)oc3cc(C)c(Cl)cc23)c2ccccc21. The molecule has 124 valence electrons. The summed E-state index contributed by atoms with van der Waals surface area (Å²) in [5.74, 6) is 0. The quantitative estimate of drug-likeness (QED) is 0.411. The van der Waals surface area contributed by atoms with Gasteiger partial charge in [0.25, 0.3) is 0 Å². The second-order valence-corrected chi connectivity index (χ2v) is 6.42. The highest BCUT2D eigenvalue weighted by Crippen LogP contribution is 2.25. The average molecular weight is 352 g/mol. The van der Waals surface area contributed by atoms with Crippen molar-refractivity contribution in [1.82, 2.24) is 4.57 Å². The van der Waals surface area contributed by atoms with Gasteiger partial charge in [-0.15, -0.1) is 0 Å². The number of benzene rings is 2. The molecule has 0 bridgehead atoms. The van der Waals surface area contributed by atoms with Crippen molar-refractivity contribution in [3.8, 4) is 0 Å².